The van der Waals surface area contributed by atoms with Crippen LogP contribution in [0.5, 0.6) is 11.8 Å². The van der Waals surface area contributed by atoms with Crippen molar-refractivity contribution in [2.75, 3.05) is 48.2 Å². The Labute approximate surface area is 113 Å². The van der Waals surface area contributed by atoms with Gasteiger partial charge in [-0.25, -0.2) is 4.98 Å². The predicted molar refractivity (Wildman–Crippen MR) is 69.6 cm³/mol. The summed E-state index contributed by atoms with van der Waals surface area (Å²) in [7, 11) is 6.55. The van der Waals surface area contributed by atoms with E-state index in [1.54, 1.807) is 20.4 Å². The zero-order chi connectivity index (χ0) is 14.1. The molecule has 0 spiro atoms. The molecule has 0 aliphatic rings. The second-order valence-electron chi connectivity index (χ2n) is 3.72. The van der Waals surface area contributed by atoms with Crippen LogP contribution in [0.15, 0.2) is 6.20 Å². The molecule has 19 heavy (non-hydrogen) atoms. The van der Waals surface area contributed by atoms with E-state index in [0.717, 1.165) is 0 Å². The highest BCUT2D eigenvalue weighted by molar-refractivity contribution is 5.25. The first-order valence-corrected chi connectivity index (χ1v) is 5.95. The Morgan fingerprint density at radius 2 is 2.00 bits per heavy atom. The van der Waals surface area contributed by atoms with Crippen LogP contribution in [0, 0.1) is 0 Å². The van der Waals surface area contributed by atoms with E-state index in [2.05, 4.69) is 15.3 Å². The second kappa shape index (κ2) is 8.63. The van der Waals surface area contributed by atoms with Gasteiger partial charge in [0, 0.05) is 7.11 Å². The molecule has 0 saturated carbocycles. The third-order valence-electron chi connectivity index (χ3n) is 2.54. The van der Waals surface area contributed by atoms with Crippen molar-refractivity contribution in [2.24, 2.45) is 0 Å². The molecule has 0 radical (unpaired) electrons. The van der Waals surface area contributed by atoms with Crippen molar-refractivity contribution in [3.63, 3.8) is 0 Å². The van der Waals surface area contributed by atoms with Crippen molar-refractivity contribution in [3.05, 3.63) is 11.9 Å². The summed E-state index contributed by atoms with van der Waals surface area (Å²) < 4.78 is 20.7. The standard InChI is InChI=1S/C12H21N3O4/c1-13-9(8-19-6-5-16-2)11-12(18-4)15-10(17-3)7-14-11/h7,9,13H,5-6,8H2,1-4H3. The normalized spacial score (nSPS) is 12.2. The molecule has 1 aromatic rings. The van der Waals surface area contributed by atoms with E-state index in [0.29, 0.717) is 37.3 Å². The van der Waals surface area contributed by atoms with Crippen LogP contribution in [0.2, 0.25) is 0 Å². The van der Waals surface area contributed by atoms with Gasteiger partial charge in [0.1, 0.15) is 5.69 Å². The molecule has 1 heterocycles. The van der Waals surface area contributed by atoms with Crippen LogP contribution in [0.4, 0.5) is 0 Å². The summed E-state index contributed by atoms with van der Waals surface area (Å²) in [5, 5.41) is 3.12. The maximum Gasteiger partial charge on any atom is 0.240 e. The number of hydrogen-bond donors (Lipinski definition) is 1. The molecule has 0 saturated heterocycles. The Morgan fingerprint density at radius 3 is 2.58 bits per heavy atom. The van der Waals surface area contributed by atoms with Crippen molar-refractivity contribution in [3.8, 4) is 11.8 Å². The fourth-order valence-electron chi connectivity index (χ4n) is 1.50. The Morgan fingerprint density at radius 1 is 1.21 bits per heavy atom. The molecule has 0 aliphatic carbocycles. The first-order chi connectivity index (χ1) is 9.26. The smallest absolute Gasteiger partial charge is 0.240 e. The fourth-order valence-corrected chi connectivity index (χ4v) is 1.50. The lowest BCUT2D eigenvalue weighted by molar-refractivity contribution is 0.0586. The van der Waals surface area contributed by atoms with Gasteiger partial charge < -0.3 is 24.3 Å². The number of nitrogens with zero attached hydrogens (tertiary/aromatic N) is 2. The van der Waals surface area contributed by atoms with Crippen LogP contribution < -0.4 is 14.8 Å². The van der Waals surface area contributed by atoms with Crippen LogP contribution in [0.3, 0.4) is 0 Å². The number of rotatable bonds is 9. The van der Waals surface area contributed by atoms with Crippen LogP contribution in [0.25, 0.3) is 0 Å². The van der Waals surface area contributed by atoms with Gasteiger partial charge in [-0.15, -0.1) is 0 Å². The minimum atomic E-state index is -0.106. The van der Waals surface area contributed by atoms with Crippen LogP contribution in [-0.4, -0.2) is 58.2 Å². The number of ether oxygens (including phenoxy) is 4. The Bertz CT molecular complexity index is 376. The fraction of sp³-hybridized carbons (Fsp3) is 0.667. The van der Waals surface area contributed by atoms with E-state index in [9.17, 15) is 0 Å². The molecule has 7 nitrogen and oxygen atoms in total. The van der Waals surface area contributed by atoms with Crippen molar-refractivity contribution >= 4 is 0 Å². The largest absolute Gasteiger partial charge is 0.480 e. The molecular formula is C12H21N3O4. The summed E-state index contributed by atoms with van der Waals surface area (Å²) in [6, 6.07) is -0.106. The quantitative estimate of drug-likeness (QED) is 0.652. The highest BCUT2D eigenvalue weighted by atomic mass is 16.5. The van der Waals surface area contributed by atoms with E-state index in [1.807, 2.05) is 7.05 Å². The minimum Gasteiger partial charge on any atom is -0.480 e. The van der Waals surface area contributed by atoms with Crippen LogP contribution in [0.1, 0.15) is 11.7 Å². The van der Waals surface area contributed by atoms with E-state index < -0.39 is 0 Å². The van der Waals surface area contributed by atoms with Crippen molar-refractivity contribution in [2.45, 2.75) is 6.04 Å². The summed E-state index contributed by atoms with van der Waals surface area (Å²) in [6.07, 6.45) is 1.55. The maximum absolute atomic E-state index is 5.50. The molecule has 1 unspecified atom stereocenters. The molecule has 0 aliphatic heterocycles. The summed E-state index contributed by atoms with van der Waals surface area (Å²) >= 11 is 0. The molecule has 0 aromatic carbocycles. The van der Waals surface area contributed by atoms with Gasteiger partial charge in [0.25, 0.3) is 0 Å². The molecule has 108 valence electrons. The molecule has 1 aromatic heterocycles. The number of hydrogen-bond acceptors (Lipinski definition) is 7. The van der Waals surface area contributed by atoms with Crippen molar-refractivity contribution in [1.82, 2.24) is 15.3 Å². The van der Waals surface area contributed by atoms with Gasteiger partial charge in [0.15, 0.2) is 0 Å². The van der Waals surface area contributed by atoms with Crippen LogP contribution >= 0.6 is 0 Å². The van der Waals surface area contributed by atoms with E-state index in [1.165, 1.54) is 7.11 Å². The zero-order valence-corrected chi connectivity index (χ0v) is 11.8. The van der Waals surface area contributed by atoms with Crippen LogP contribution in [-0.2, 0) is 9.47 Å². The molecule has 0 bridgehead atoms. The van der Waals surface area contributed by atoms with Gasteiger partial charge in [0.05, 0.1) is 46.3 Å². The first kappa shape index (κ1) is 15.6. The number of aromatic nitrogens is 2. The number of methoxy groups -OCH3 is 3. The summed E-state index contributed by atoms with van der Waals surface area (Å²) in [6.45, 7) is 1.54. The lowest BCUT2D eigenvalue weighted by Crippen LogP contribution is -2.24. The van der Waals surface area contributed by atoms with Crippen molar-refractivity contribution < 1.29 is 18.9 Å². The minimum absolute atomic E-state index is 0.106. The molecule has 7 heteroatoms. The second-order valence-corrected chi connectivity index (χ2v) is 3.72. The van der Waals surface area contributed by atoms with Crippen molar-refractivity contribution in [1.29, 1.82) is 0 Å². The monoisotopic (exact) mass is 271 g/mol. The van der Waals surface area contributed by atoms with Gasteiger partial charge >= 0.3 is 0 Å². The number of likely N-dealkylation sites (N-methyl/N-ethyl adjacent to an activating group) is 1. The molecule has 0 fully saturated rings. The third-order valence-corrected chi connectivity index (χ3v) is 2.54. The molecular weight excluding hydrogens is 250 g/mol. The average Bonchev–Trinajstić information content (AvgIpc) is 2.47. The Kier molecular flexibility index (Phi) is 7.09. The Hall–Kier alpha value is -1.44. The highest BCUT2D eigenvalue weighted by Crippen LogP contribution is 2.23. The summed E-state index contributed by atoms with van der Waals surface area (Å²) in [5.74, 6) is 0.838. The zero-order valence-electron chi connectivity index (χ0n) is 11.8. The Balaban J connectivity index is 2.73. The SMILES string of the molecule is CNC(COCCOC)c1ncc(OC)nc1OC. The molecule has 1 atom stereocenters. The van der Waals surface area contributed by atoms with E-state index >= 15 is 0 Å². The number of nitrogens with one attached hydrogen (secondary N) is 1. The molecule has 1 rings (SSSR count). The lowest BCUT2D eigenvalue weighted by Gasteiger charge is -2.17. The molecule has 0 amide bonds. The highest BCUT2D eigenvalue weighted by Gasteiger charge is 2.18. The molecule has 1 N–H and O–H groups in total. The lowest BCUT2D eigenvalue weighted by atomic mass is 10.2. The predicted octanol–water partition coefficient (Wildman–Crippen LogP) is 0.417. The van der Waals surface area contributed by atoms with E-state index in [-0.39, 0.29) is 6.04 Å². The topological polar surface area (TPSA) is 74.7 Å². The van der Waals surface area contributed by atoms with E-state index in [4.69, 9.17) is 18.9 Å². The summed E-state index contributed by atoms with van der Waals surface area (Å²) in [5.41, 5.74) is 0.684. The van der Waals surface area contributed by atoms with Gasteiger partial charge in [-0.2, -0.15) is 4.98 Å². The van der Waals surface area contributed by atoms with Gasteiger partial charge in [0.2, 0.25) is 11.8 Å². The van der Waals surface area contributed by atoms with Gasteiger partial charge in [-0.1, -0.05) is 0 Å². The first-order valence-electron chi connectivity index (χ1n) is 5.95. The average molecular weight is 271 g/mol. The third kappa shape index (κ3) is 4.62. The van der Waals surface area contributed by atoms with Gasteiger partial charge in [-0.3, -0.25) is 0 Å². The summed E-state index contributed by atoms with van der Waals surface area (Å²) in [4.78, 5) is 8.50. The maximum atomic E-state index is 5.50. The van der Waals surface area contributed by atoms with Gasteiger partial charge in [-0.05, 0) is 7.05 Å².